The van der Waals surface area contributed by atoms with E-state index in [1.54, 1.807) is 0 Å². The summed E-state index contributed by atoms with van der Waals surface area (Å²) in [7, 11) is 0. The van der Waals surface area contributed by atoms with E-state index in [0.29, 0.717) is 0 Å². The Kier molecular flexibility index (Phi) is 3.81. The lowest BCUT2D eigenvalue weighted by atomic mass is 9.90. The molecule has 0 spiro atoms. The SMILES string of the molecule is CCC1C(=O)N2CCCCC2C(=O)N1C1CC=CCC1. The molecule has 4 heteroatoms. The van der Waals surface area contributed by atoms with Crippen molar-refractivity contribution in [3.05, 3.63) is 12.2 Å². The fourth-order valence-electron chi connectivity index (χ4n) is 3.92. The van der Waals surface area contributed by atoms with Gasteiger partial charge in [-0.1, -0.05) is 19.1 Å². The van der Waals surface area contributed by atoms with E-state index in [1.807, 2.05) is 16.7 Å². The van der Waals surface area contributed by atoms with Gasteiger partial charge in [0.25, 0.3) is 0 Å². The van der Waals surface area contributed by atoms with Crippen LogP contribution in [0.4, 0.5) is 0 Å². The second-order valence-electron chi connectivity index (χ2n) is 6.15. The quantitative estimate of drug-likeness (QED) is 0.725. The monoisotopic (exact) mass is 276 g/mol. The van der Waals surface area contributed by atoms with Crippen molar-refractivity contribution in [2.45, 2.75) is 70.0 Å². The Morgan fingerprint density at radius 1 is 1.15 bits per heavy atom. The smallest absolute Gasteiger partial charge is 0.246 e. The van der Waals surface area contributed by atoms with Gasteiger partial charge in [0.15, 0.2) is 0 Å². The molecule has 0 aromatic rings. The molecule has 2 amide bonds. The number of nitrogens with zero attached hydrogens (tertiary/aromatic N) is 2. The van der Waals surface area contributed by atoms with Crippen molar-refractivity contribution in [2.24, 2.45) is 0 Å². The molecule has 0 aromatic heterocycles. The van der Waals surface area contributed by atoms with E-state index in [4.69, 9.17) is 0 Å². The largest absolute Gasteiger partial charge is 0.329 e. The molecule has 3 rings (SSSR count). The number of hydrogen-bond acceptors (Lipinski definition) is 2. The zero-order chi connectivity index (χ0) is 14.1. The van der Waals surface area contributed by atoms with Gasteiger partial charge in [-0.25, -0.2) is 0 Å². The standard InChI is InChI=1S/C16H24N2O2/c1-2-13-15(19)17-11-7-6-10-14(17)16(20)18(13)12-8-4-3-5-9-12/h3-4,12-14H,2,5-11H2,1H3. The van der Waals surface area contributed by atoms with Gasteiger partial charge in [0.1, 0.15) is 12.1 Å². The number of allylic oxidation sites excluding steroid dienone is 1. The van der Waals surface area contributed by atoms with Gasteiger partial charge in [-0.3, -0.25) is 9.59 Å². The Morgan fingerprint density at radius 3 is 2.70 bits per heavy atom. The molecular formula is C16H24N2O2. The van der Waals surface area contributed by atoms with Crippen molar-refractivity contribution in [3.63, 3.8) is 0 Å². The lowest BCUT2D eigenvalue weighted by Crippen LogP contribution is -2.67. The van der Waals surface area contributed by atoms with Gasteiger partial charge >= 0.3 is 0 Å². The Morgan fingerprint density at radius 2 is 2.00 bits per heavy atom. The third kappa shape index (κ3) is 2.15. The first kappa shape index (κ1) is 13.7. The summed E-state index contributed by atoms with van der Waals surface area (Å²) in [5.74, 6) is 0.391. The van der Waals surface area contributed by atoms with Crippen LogP contribution in [0.25, 0.3) is 0 Å². The lowest BCUT2D eigenvalue weighted by Gasteiger charge is -2.49. The van der Waals surface area contributed by atoms with Crippen LogP contribution >= 0.6 is 0 Å². The highest BCUT2D eigenvalue weighted by atomic mass is 16.2. The predicted molar refractivity (Wildman–Crippen MR) is 77.1 cm³/mol. The van der Waals surface area contributed by atoms with Gasteiger partial charge in [-0.05, 0) is 44.9 Å². The maximum atomic E-state index is 12.9. The van der Waals surface area contributed by atoms with Crippen LogP contribution in [0.5, 0.6) is 0 Å². The van der Waals surface area contributed by atoms with Crippen molar-refractivity contribution >= 4 is 11.8 Å². The van der Waals surface area contributed by atoms with E-state index < -0.39 is 0 Å². The third-order valence-corrected chi connectivity index (χ3v) is 4.97. The Labute approximate surface area is 120 Å². The molecule has 1 aliphatic carbocycles. The maximum Gasteiger partial charge on any atom is 0.246 e. The molecule has 3 atom stereocenters. The first-order chi connectivity index (χ1) is 9.74. The number of fused-ring (bicyclic) bond motifs is 1. The maximum absolute atomic E-state index is 12.9. The summed E-state index contributed by atoms with van der Waals surface area (Å²) in [6, 6.07) is -0.177. The molecule has 0 bridgehead atoms. The lowest BCUT2D eigenvalue weighted by molar-refractivity contribution is -0.166. The minimum absolute atomic E-state index is 0.176. The Balaban J connectivity index is 1.88. The fraction of sp³-hybridized carbons (Fsp3) is 0.750. The van der Waals surface area contributed by atoms with Crippen LogP contribution < -0.4 is 0 Å². The summed E-state index contributed by atoms with van der Waals surface area (Å²) in [6.45, 7) is 2.79. The summed E-state index contributed by atoms with van der Waals surface area (Å²) >= 11 is 0. The van der Waals surface area contributed by atoms with Crippen LogP contribution in [0.2, 0.25) is 0 Å². The normalized spacial score (nSPS) is 34.4. The van der Waals surface area contributed by atoms with E-state index in [1.165, 1.54) is 0 Å². The van der Waals surface area contributed by atoms with Crippen LogP contribution in [0.3, 0.4) is 0 Å². The molecule has 2 aliphatic heterocycles. The van der Waals surface area contributed by atoms with Crippen molar-refractivity contribution in [1.82, 2.24) is 9.80 Å². The fourth-order valence-corrected chi connectivity index (χ4v) is 3.92. The summed E-state index contributed by atoms with van der Waals surface area (Å²) in [6.07, 6.45) is 10.9. The van der Waals surface area contributed by atoms with Crippen LogP contribution in [0.1, 0.15) is 51.9 Å². The third-order valence-electron chi connectivity index (χ3n) is 4.97. The van der Waals surface area contributed by atoms with E-state index in [2.05, 4.69) is 12.2 Å². The minimum atomic E-state index is -0.228. The molecule has 110 valence electrons. The van der Waals surface area contributed by atoms with E-state index in [9.17, 15) is 9.59 Å². The highest BCUT2D eigenvalue weighted by Gasteiger charge is 2.47. The molecule has 20 heavy (non-hydrogen) atoms. The molecule has 0 saturated carbocycles. The molecule has 0 N–H and O–H groups in total. The van der Waals surface area contributed by atoms with Crippen LogP contribution in [0, 0.1) is 0 Å². The average molecular weight is 276 g/mol. The number of piperazine rings is 1. The van der Waals surface area contributed by atoms with E-state index >= 15 is 0 Å². The second kappa shape index (κ2) is 5.58. The van der Waals surface area contributed by atoms with Gasteiger partial charge in [0, 0.05) is 12.6 Å². The minimum Gasteiger partial charge on any atom is -0.329 e. The molecule has 0 radical (unpaired) electrons. The van der Waals surface area contributed by atoms with Gasteiger partial charge < -0.3 is 9.80 Å². The molecule has 2 fully saturated rings. The Hall–Kier alpha value is -1.32. The van der Waals surface area contributed by atoms with Crippen molar-refractivity contribution < 1.29 is 9.59 Å². The first-order valence-corrected chi connectivity index (χ1v) is 8.01. The van der Waals surface area contributed by atoms with Crippen LogP contribution in [-0.4, -0.2) is 46.3 Å². The average Bonchev–Trinajstić information content (AvgIpc) is 2.51. The molecule has 4 nitrogen and oxygen atoms in total. The molecular weight excluding hydrogens is 252 g/mol. The number of rotatable bonds is 2. The van der Waals surface area contributed by atoms with Gasteiger partial charge in [-0.2, -0.15) is 0 Å². The summed E-state index contributed by atoms with van der Waals surface area (Å²) in [5.41, 5.74) is 0. The van der Waals surface area contributed by atoms with Gasteiger partial charge in [-0.15, -0.1) is 0 Å². The van der Waals surface area contributed by atoms with E-state index in [0.717, 1.165) is 51.5 Å². The van der Waals surface area contributed by atoms with Gasteiger partial charge in [0.2, 0.25) is 11.8 Å². The Bertz CT molecular complexity index is 432. The number of carbonyl (C=O) groups excluding carboxylic acids is 2. The summed E-state index contributed by atoms with van der Waals surface area (Å²) in [5, 5.41) is 0. The molecule has 2 saturated heterocycles. The second-order valence-corrected chi connectivity index (χ2v) is 6.15. The number of carbonyl (C=O) groups is 2. The van der Waals surface area contributed by atoms with E-state index in [-0.39, 0.29) is 29.9 Å². The zero-order valence-corrected chi connectivity index (χ0v) is 12.3. The van der Waals surface area contributed by atoms with Crippen molar-refractivity contribution in [3.8, 4) is 0 Å². The number of amides is 2. The predicted octanol–water partition coefficient (Wildman–Crippen LogP) is 2.10. The van der Waals surface area contributed by atoms with Gasteiger partial charge in [0.05, 0.1) is 0 Å². The molecule has 2 heterocycles. The first-order valence-electron chi connectivity index (χ1n) is 8.01. The zero-order valence-electron chi connectivity index (χ0n) is 12.3. The number of piperidine rings is 1. The molecule has 3 aliphatic rings. The number of hydrogen-bond donors (Lipinski definition) is 0. The summed E-state index contributed by atoms with van der Waals surface area (Å²) in [4.78, 5) is 29.4. The van der Waals surface area contributed by atoms with Crippen molar-refractivity contribution in [2.75, 3.05) is 6.54 Å². The van der Waals surface area contributed by atoms with Crippen LogP contribution in [-0.2, 0) is 9.59 Å². The van der Waals surface area contributed by atoms with Crippen molar-refractivity contribution in [1.29, 1.82) is 0 Å². The molecule has 3 unspecified atom stereocenters. The highest BCUT2D eigenvalue weighted by Crippen LogP contribution is 2.31. The summed E-state index contributed by atoms with van der Waals surface area (Å²) < 4.78 is 0. The topological polar surface area (TPSA) is 40.6 Å². The highest BCUT2D eigenvalue weighted by molar-refractivity contribution is 5.97. The van der Waals surface area contributed by atoms with Crippen LogP contribution in [0.15, 0.2) is 12.2 Å². The molecule has 0 aromatic carbocycles.